The molecule has 0 atom stereocenters. The number of hydrogen-bond donors (Lipinski definition) is 1. The Bertz CT molecular complexity index is 730. The van der Waals surface area contributed by atoms with Gasteiger partial charge in [0.15, 0.2) is 17.2 Å². The smallest absolute Gasteiger partial charge is 0.361 e. The van der Waals surface area contributed by atoms with Gasteiger partial charge >= 0.3 is 5.97 Å². The Morgan fingerprint density at radius 1 is 1.25 bits per heavy atom. The summed E-state index contributed by atoms with van der Waals surface area (Å²) in [5, 5.41) is 10.6. The van der Waals surface area contributed by atoms with Gasteiger partial charge in [-0.3, -0.25) is 0 Å². The predicted octanol–water partition coefficient (Wildman–Crippen LogP) is 3.27. The Kier molecular flexibility index (Phi) is 6.20. The van der Waals surface area contributed by atoms with Crippen LogP contribution >= 0.6 is 11.6 Å². The molecule has 0 aliphatic carbocycles. The van der Waals surface area contributed by atoms with Gasteiger partial charge in [0, 0.05) is 11.6 Å². The molecular weight excluding hydrogens is 334 g/mol. The van der Waals surface area contributed by atoms with Crippen molar-refractivity contribution in [2.45, 2.75) is 13.8 Å². The zero-order chi connectivity index (χ0) is 17.5. The molecule has 1 heterocycles. The van der Waals surface area contributed by atoms with E-state index in [1.54, 1.807) is 25.1 Å². The molecule has 2 rings (SSSR count). The van der Waals surface area contributed by atoms with Gasteiger partial charge < -0.3 is 14.2 Å². The van der Waals surface area contributed by atoms with Gasteiger partial charge in [0.05, 0.1) is 18.2 Å². The van der Waals surface area contributed by atoms with Gasteiger partial charge in [-0.25, -0.2) is 4.79 Å². The Labute approximate surface area is 144 Å². The van der Waals surface area contributed by atoms with Crippen LogP contribution in [0.25, 0.3) is 11.3 Å². The first kappa shape index (κ1) is 17.8. The van der Waals surface area contributed by atoms with Crippen LogP contribution in [0, 0.1) is 0 Å². The number of halogens is 1. The molecule has 0 aliphatic heterocycles. The zero-order valence-corrected chi connectivity index (χ0v) is 14.2. The number of nitrogens with zero attached hydrogens (tertiary/aromatic N) is 2. The van der Waals surface area contributed by atoms with Crippen LogP contribution in [0.4, 0.5) is 0 Å². The van der Waals surface area contributed by atoms with E-state index in [4.69, 9.17) is 25.8 Å². The predicted molar refractivity (Wildman–Crippen MR) is 89.6 cm³/mol. The van der Waals surface area contributed by atoms with Gasteiger partial charge in [-0.1, -0.05) is 24.3 Å². The van der Waals surface area contributed by atoms with Crippen molar-refractivity contribution in [3.63, 3.8) is 0 Å². The lowest BCUT2D eigenvalue weighted by atomic mass is 10.1. The number of nitrogens with one attached hydrogen (secondary N) is 1. The van der Waals surface area contributed by atoms with Crippen molar-refractivity contribution >= 4 is 17.6 Å². The summed E-state index contributed by atoms with van der Waals surface area (Å²) in [7, 11) is 0. The maximum atomic E-state index is 12.0. The number of H-pyrrole nitrogens is 1. The number of aromatic amines is 1. The number of ether oxygens (including phenoxy) is 3. The first-order valence-electron chi connectivity index (χ1n) is 7.40. The molecular formula is C16H18ClN3O4. The van der Waals surface area contributed by atoms with Gasteiger partial charge in [0.25, 0.3) is 0 Å². The van der Waals surface area contributed by atoms with Crippen LogP contribution in [0.3, 0.4) is 0 Å². The molecule has 0 saturated heterocycles. The molecule has 7 nitrogen and oxygen atoms in total. The molecule has 1 N–H and O–H groups in total. The zero-order valence-electron chi connectivity index (χ0n) is 13.5. The quantitative estimate of drug-likeness (QED) is 0.580. The number of carbonyl (C=O) groups excluding carboxylic acids is 1. The van der Waals surface area contributed by atoms with Crippen molar-refractivity contribution in [3.05, 3.63) is 35.5 Å². The average Bonchev–Trinajstić information content (AvgIpc) is 3.04. The first-order valence-corrected chi connectivity index (χ1v) is 7.78. The molecule has 0 bridgehead atoms. The monoisotopic (exact) mass is 351 g/mol. The minimum absolute atomic E-state index is 0.0564. The molecule has 0 unspecified atom stereocenters. The highest BCUT2D eigenvalue weighted by molar-refractivity contribution is 6.33. The van der Waals surface area contributed by atoms with Crippen molar-refractivity contribution in [2.24, 2.45) is 0 Å². The molecule has 8 heteroatoms. The van der Waals surface area contributed by atoms with E-state index in [-0.39, 0.29) is 18.0 Å². The van der Waals surface area contributed by atoms with Crippen LogP contribution in [0.15, 0.2) is 24.8 Å². The van der Waals surface area contributed by atoms with E-state index in [0.29, 0.717) is 35.3 Å². The van der Waals surface area contributed by atoms with Crippen LogP contribution in [0.5, 0.6) is 11.5 Å². The van der Waals surface area contributed by atoms with Crippen molar-refractivity contribution in [3.8, 4) is 22.8 Å². The van der Waals surface area contributed by atoms with E-state index in [0.717, 1.165) is 0 Å². The van der Waals surface area contributed by atoms with E-state index in [1.807, 2.05) is 6.92 Å². The van der Waals surface area contributed by atoms with E-state index >= 15 is 0 Å². The minimum Gasteiger partial charge on any atom is -0.490 e. The first-order chi connectivity index (χ1) is 11.6. The summed E-state index contributed by atoms with van der Waals surface area (Å²) >= 11 is 6.33. The van der Waals surface area contributed by atoms with Crippen molar-refractivity contribution in [2.75, 3.05) is 19.8 Å². The van der Waals surface area contributed by atoms with E-state index < -0.39 is 5.97 Å². The SMILES string of the molecule is C=CCOc1cc(Cl)c(-c2n[nH]nc2C(=O)OCC)cc1OCC. The third kappa shape index (κ3) is 3.86. The fourth-order valence-electron chi connectivity index (χ4n) is 2.01. The number of carbonyl (C=O) groups is 1. The summed E-state index contributed by atoms with van der Waals surface area (Å²) < 4.78 is 16.1. The Hall–Kier alpha value is -2.54. The van der Waals surface area contributed by atoms with Crippen LogP contribution in [0.1, 0.15) is 24.3 Å². The number of esters is 1. The molecule has 0 saturated carbocycles. The van der Waals surface area contributed by atoms with E-state index in [2.05, 4.69) is 22.0 Å². The largest absolute Gasteiger partial charge is 0.490 e. The summed E-state index contributed by atoms with van der Waals surface area (Å²) in [5.41, 5.74) is 0.832. The number of aromatic nitrogens is 3. The van der Waals surface area contributed by atoms with Crippen molar-refractivity contribution < 1.29 is 19.0 Å². The fraction of sp³-hybridized carbons (Fsp3) is 0.312. The fourth-order valence-corrected chi connectivity index (χ4v) is 2.25. The third-order valence-corrected chi connectivity index (χ3v) is 3.27. The minimum atomic E-state index is -0.581. The molecule has 2 aromatic rings. The highest BCUT2D eigenvalue weighted by atomic mass is 35.5. The summed E-state index contributed by atoms with van der Waals surface area (Å²) in [4.78, 5) is 12.0. The number of rotatable bonds is 8. The second kappa shape index (κ2) is 8.35. The standard InChI is InChI=1S/C16H18ClN3O4/c1-4-7-24-13-9-11(17)10(8-12(13)22-5-2)14-15(19-20-18-14)16(21)23-6-3/h4,8-9H,1,5-7H2,2-3H3,(H,18,19,20). The molecule has 0 aliphatic rings. The van der Waals surface area contributed by atoms with Gasteiger partial charge in [0.2, 0.25) is 0 Å². The molecule has 24 heavy (non-hydrogen) atoms. The van der Waals surface area contributed by atoms with Crippen molar-refractivity contribution in [1.29, 1.82) is 0 Å². The average molecular weight is 352 g/mol. The normalized spacial score (nSPS) is 10.3. The molecule has 1 aromatic heterocycles. The van der Waals surface area contributed by atoms with Crippen LogP contribution in [-0.2, 0) is 4.74 Å². The molecule has 0 amide bonds. The second-order valence-electron chi connectivity index (χ2n) is 4.55. The van der Waals surface area contributed by atoms with Gasteiger partial charge in [-0.15, -0.1) is 5.10 Å². The third-order valence-electron chi connectivity index (χ3n) is 2.96. The Morgan fingerprint density at radius 3 is 2.67 bits per heavy atom. The van der Waals surface area contributed by atoms with E-state index in [1.165, 1.54) is 0 Å². The maximum absolute atomic E-state index is 12.0. The lowest BCUT2D eigenvalue weighted by molar-refractivity contribution is 0.0520. The van der Waals surface area contributed by atoms with Gasteiger partial charge in [-0.2, -0.15) is 10.3 Å². The molecule has 0 fully saturated rings. The van der Waals surface area contributed by atoms with Crippen LogP contribution < -0.4 is 9.47 Å². The molecule has 0 radical (unpaired) electrons. The summed E-state index contributed by atoms with van der Waals surface area (Å²) in [6, 6.07) is 3.26. The number of benzene rings is 1. The van der Waals surface area contributed by atoms with Crippen LogP contribution in [-0.4, -0.2) is 41.2 Å². The summed E-state index contributed by atoms with van der Waals surface area (Å²) in [6.07, 6.45) is 1.62. The topological polar surface area (TPSA) is 86.3 Å². The molecule has 1 aromatic carbocycles. The summed E-state index contributed by atoms with van der Waals surface area (Å²) in [6.45, 7) is 8.16. The highest BCUT2D eigenvalue weighted by Gasteiger charge is 2.23. The van der Waals surface area contributed by atoms with Crippen molar-refractivity contribution in [1.82, 2.24) is 15.4 Å². The second-order valence-corrected chi connectivity index (χ2v) is 4.96. The Balaban J connectivity index is 2.47. The van der Waals surface area contributed by atoms with E-state index in [9.17, 15) is 4.79 Å². The molecule has 128 valence electrons. The highest BCUT2D eigenvalue weighted by Crippen LogP contribution is 2.38. The number of hydrogen-bond acceptors (Lipinski definition) is 6. The van der Waals surface area contributed by atoms with Gasteiger partial charge in [-0.05, 0) is 19.9 Å². The lowest BCUT2D eigenvalue weighted by Gasteiger charge is -2.13. The Morgan fingerprint density at radius 2 is 2.00 bits per heavy atom. The van der Waals surface area contributed by atoms with Crippen LogP contribution in [0.2, 0.25) is 5.02 Å². The maximum Gasteiger partial charge on any atom is 0.361 e. The van der Waals surface area contributed by atoms with Gasteiger partial charge in [0.1, 0.15) is 12.3 Å². The molecule has 0 spiro atoms. The lowest BCUT2D eigenvalue weighted by Crippen LogP contribution is -2.07. The summed E-state index contributed by atoms with van der Waals surface area (Å²) in [5.74, 6) is 0.380.